The van der Waals surface area contributed by atoms with Crippen LogP contribution in [0.4, 0.5) is 4.39 Å². The highest BCUT2D eigenvalue weighted by atomic mass is 79.9. The molecule has 0 heterocycles. The maximum atomic E-state index is 13.1. The zero-order chi connectivity index (χ0) is 12.1. The van der Waals surface area contributed by atoms with Crippen LogP contribution in [0.5, 0.6) is 0 Å². The smallest absolute Gasteiger partial charge is 0.124 e. The number of halogens is 3. The van der Waals surface area contributed by atoms with Crippen molar-refractivity contribution in [3.05, 3.63) is 34.1 Å². The van der Waals surface area contributed by atoms with E-state index in [0.29, 0.717) is 10.7 Å². The van der Waals surface area contributed by atoms with Gasteiger partial charge in [0.15, 0.2) is 0 Å². The van der Waals surface area contributed by atoms with Crippen LogP contribution in [-0.4, -0.2) is 4.83 Å². The van der Waals surface area contributed by atoms with Crippen LogP contribution in [0.1, 0.15) is 32.3 Å². The van der Waals surface area contributed by atoms with Gasteiger partial charge in [-0.15, -0.1) is 0 Å². The molecule has 90 valence electrons. The average molecular weight is 352 g/mol. The van der Waals surface area contributed by atoms with Gasteiger partial charge in [-0.1, -0.05) is 45.7 Å². The van der Waals surface area contributed by atoms with Gasteiger partial charge in [0.1, 0.15) is 5.82 Å². The van der Waals surface area contributed by atoms with Crippen LogP contribution in [0, 0.1) is 11.7 Å². The van der Waals surface area contributed by atoms with Crippen molar-refractivity contribution < 1.29 is 4.39 Å². The fourth-order valence-corrected chi connectivity index (χ4v) is 3.20. The van der Waals surface area contributed by atoms with Crippen LogP contribution in [-0.2, 0) is 6.42 Å². The number of rotatable bonds is 5. The molecule has 0 saturated carbocycles. The molecule has 1 aromatic carbocycles. The van der Waals surface area contributed by atoms with Crippen LogP contribution >= 0.6 is 31.9 Å². The van der Waals surface area contributed by atoms with E-state index < -0.39 is 0 Å². The Morgan fingerprint density at radius 2 is 1.94 bits per heavy atom. The zero-order valence-corrected chi connectivity index (χ0v) is 12.8. The molecule has 1 rings (SSSR count). The summed E-state index contributed by atoms with van der Waals surface area (Å²) in [5, 5.41) is 0. The van der Waals surface area contributed by atoms with Gasteiger partial charge in [-0.3, -0.25) is 0 Å². The Labute approximate surface area is 114 Å². The fourth-order valence-electron chi connectivity index (χ4n) is 1.71. The third kappa shape index (κ3) is 5.44. The first kappa shape index (κ1) is 14.2. The van der Waals surface area contributed by atoms with Gasteiger partial charge in [0.2, 0.25) is 0 Å². The molecular formula is C13H17Br2F. The van der Waals surface area contributed by atoms with Crippen LogP contribution in [0.2, 0.25) is 0 Å². The maximum absolute atomic E-state index is 13.1. The van der Waals surface area contributed by atoms with E-state index >= 15 is 0 Å². The molecule has 0 radical (unpaired) electrons. The summed E-state index contributed by atoms with van der Waals surface area (Å²) in [6, 6.07) is 5.08. The summed E-state index contributed by atoms with van der Waals surface area (Å²) in [5.74, 6) is 0.531. The maximum Gasteiger partial charge on any atom is 0.124 e. The Bertz CT molecular complexity index is 316. The third-order valence-electron chi connectivity index (χ3n) is 2.40. The van der Waals surface area contributed by atoms with Crippen molar-refractivity contribution in [2.75, 3.05) is 0 Å². The monoisotopic (exact) mass is 350 g/mol. The third-order valence-corrected chi connectivity index (χ3v) is 3.69. The van der Waals surface area contributed by atoms with Gasteiger partial charge >= 0.3 is 0 Å². The summed E-state index contributed by atoms with van der Waals surface area (Å²) >= 11 is 6.98. The second-order valence-electron chi connectivity index (χ2n) is 4.54. The standard InChI is InChI=1S/C13H17Br2F/c1-9(2)5-11(14)4-3-10-6-12(15)8-13(16)7-10/h6-9,11H,3-5H2,1-2H3. The van der Waals surface area contributed by atoms with Gasteiger partial charge in [-0.25, -0.2) is 4.39 Å². The van der Waals surface area contributed by atoms with E-state index in [1.54, 1.807) is 6.07 Å². The van der Waals surface area contributed by atoms with Crippen molar-refractivity contribution in [3.8, 4) is 0 Å². The summed E-state index contributed by atoms with van der Waals surface area (Å²) < 4.78 is 13.9. The first-order chi connectivity index (χ1) is 7.47. The minimum Gasteiger partial charge on any atom is -0.207 e. The minimum atomic E-state index is -0.167. The molecule has 0 aliphatic rings. The largest absolute Gasteiger partial charge is 0.207 e. The first-order valence-electron chi connectivity index (χ1n) is 5.56. The summed E-state index contributed by atoms with van der Waals surface area (Å²) in [6.45, 7) is 4.43. The topological polar surface area (TPSA) is 0 Å². The fraction of sp³-hybridized carbons (Fsp3) is 0.538. The van der Waals surface area contributed by atoms with Crippen LogP contribution in [0.25, 0.3) is 0 Å². The molecule has 0 spiro atoms. The van der Waals surface area contributed by atoms with E-state index in [4.69, 9.17) is 0 Å². The van der Waals surface area contributed by atoms with E-state index in [9.17, 15) is 4.39 Å². The first-order valence-corrected chi connectivity index (χ1v) is 7.27. The Morgan fingerprint density at radius 1 is 1.25 bits per heavy atom. The predicted molar refractivity (Wildman–Crippen MR) is 74.6 cm³/mol. The summed E-state index contributed by atoms with van der Waals surface area (Å²) in [7, 11) is 0. The number of alkyl halides is 1. The molecule has 0 saturated heterocycles. The molecule has 0 N–H and O–H groups in total. The summed E-state index contributed by atoms with van der Waals surface area (Å²) in [6.07, 6.45) is 3.13. The lowest BCUT2D eigenvalue weighted by Gasteiger charge is -2.12. The van der Waals surface area contributed by atoms with Crippen molar-refractivity contribution in [2.24, 2.45) is 5.92 Å². The van der Waals surface area contributed by atoms with Crippen molar-refractivity contribution >= 4 is 31.9 Å². The zero-order valence-electron chi connectivity index (χ0n) is 9.64. The van der Waals surface area contributed by atoms with Gasteiger partial charge in [0, 0.05) is 9.30 Å². The lowest BCUT2D eigenvalue weighted by molar-refractivity contribution is 0.553. The minimum absolute atomic E-state index is 0.167. The van der Waals surface area contributed by atoms with Gasteiger partial charge in [-0.2, -0.15) is 0 Å². The second kappa shape index (κ2) is 6.75. The molecule has 1 atom stereocenters. The molecule has 0 aliphatic carbocycles. The van der Waals surface area contributed by atoms with Crippen molar-refractivity contribution in [3.63, 3.8) is 0 Å². The van der Waals surface area contributed by atoms with E-state index in [0.717, 1.165) is 29.3 Å². The van der Waals surface area contributed by atoms with E-state index in [1.807, 2.05) is 6.07 Å². The molecule has 1 aromatic rings. The number of aryl methyl sites for hydroxylation is 1. The Kier molecular flexibility index (Phi) is 5.98. The predicted octanol–water partition coefficient (Wildman–Crippen LogP) is 5.33. The molecule has 0 amide bonds. The highest BCUT2D eigenvalue weighted by molar-refractivity contribution is 9.10. The Balaban J connectivity index is 2.48. The Morgan fingerprint density at radius 3 is 2.50 bits per heavy atom. The summed E-state index contributed by atoms with van der Waals surface area (Å²) in [5.41, 5.74) is 1.06. The molecule has 0 aliphatic heterocycles. The lowest BCUT2D eigenvalue weighted by atomic mass is 10.0. The quantitative estimate of drug-likeness (QED) is 0.629. The van der Waals surface area contributed by atoms with Gasteiger partial charge in [0.25, 0.3) is 0 Å². The summed E-state index contributed by atoms with van der Waals surface area (Å²) in [4.78, 5) is 0.523. The second-order valence-corrected chi connectivity index (χ2v) is 6.75. The van der Waals surface area contributed by atoms with E-state index in [1.165, 1.54) is 6.07 Å². The molecule has 16 heavy (non-hydrogen) atoms. The van der Waals surface area contributed by atoms with E-state index in [-0.39, 0.29) is 5.82 Å². The van der Waals surface area contributed by atoms with Gasteiger partial charge in [-0.05, 0) is 48.9 Å². The molecule has 0 nitrogen and oxygen atoms in total. The lowest BCUT2D eigenvalue weighted by Crippen LogP contribution is -2.04. The molecule has 0 fully saturated rings. The van der Waals surface area contributed by atoms with Crippen molar-refractivity contribution in [2.45, 2.75) is 37.9 Å². The highest BCUT2D eigenvalue weighted by Crippen LogP contribution is 2.21. The number of benzene rings is 1. The highest BCUT2D eigenvalue weighted by Gasteiger charge is 2.08. The molecular weight excluding hydrogens is 335 g/mol. The van der Waals surface area contributed by atoms with Gasteiger partial charge in [0.05, 0.1) is 0 Å². The van der Waals surface area contributed by atoms with Crippen molar-refractivity contribution in [1.29, 1.82) is 0 Å². The van der Waals surface area contributed by atoms with Crippen LogP contribution in [0.3, 0.4) is 0 Å². The van der Waals surface area contributed by atoms with Gasteiger partial charge < -0.3 is 0 Å². The normalized spacial score (nSPS) is 13.1. The number of hydrogen-bond acceptors (Lipinski definition) is 0. The molecule has 1 unspecified atom stereocenters. The van der Waals surface area contributed by atoms with Crippen molar-refractivity contribution in [1.82, 2.24) is 0 Å². The Hall–Kier alpha value is 0.110. The SMILES string of the molecule is CC(C)CC(Br)CCc1cc(F)cc(Br)c1. The molecule has 0 bridgehead atoms. The van der Waals surface area contributed by atoms with E-state index in [2.05, 4.69) is 45.7 Å². The van der Waals surface area contributed by atoms with Crippen LogP contribution < -0.4 is 0 Å². The molecule has 3 heteroatoms. The number of hydrogen-bond donors (Lipinski definition) is 0. The molecule has 0 aromatic heterocycles. The van der Waals surface area contributed by atoms with Crippen LogP contribution in [0.15, 0.2) is 22.7 Å². The average Bonchev–Trinajstić information content (AvgIpc) is 2.12.